The lowest BCUT2D eigenvalue weighted by atomic mass is 10.0. The summed E-state index contributed by atoms with van der Waals surface area (Å²) >= 11 is 0. The maximum absolute atomic E-state index is 11.1. The minimum absolute atomic E-state index is 0.205. The van der Waals surface area contributed by atoms with Gasteiger partial charge in [-0.1, -0.05) is 20.8 Å². The summed E-state index contributed by atoms with van der Waals surface area (Å²) in [7, 11) is 0. The minimum Gasteiger partial charge on any atom is -0.481 e. The van der Waals surface area contributed by atoms with Crippen molar-refractivity contribution in [3.8, 4) is 0 Å². The van der Waals surface area contributed by atoms with E-state index in [2.05, 4.69) is 0 Å². The summed E-state index contributed by atoms with van der Waals surface area (Å²) in [6, 6.07) is 0. The maximum Gasteiger partial charge on any atom is 0.306 e. The first-order valence-electron chi connectivity index (χ1n) is 5.35. The average Bonchev–Trinajstić information content (AvgIpc) is 2.10. The van der Waals surface area contributed by atoms with Gasteiger partial charge in [0.25, 0.3) is 0 Å². The normalized spacial score (nSPS) is 12.5. The molecule has 4 heteroatoms. The number of aliphatic carboxylic acids is 1. The van der Waals surface area contributed by atoms with E-state index in [1.807, 2.05) is 20.8 Å². The van der Waals surface area contributed by atoms with Gasteiger partial charge in [0.05, 0.1) is 12.5 Å². The number of hydrogen-bond donors (Lipinski definition) is 1. The van der Waals surface area contributed by atoms with Crippen LogP contribution in [0.25, 0.3) is 0 Å². The van der Waals surface area contributed by atoms with Gasteiger partial charge in [0, 0.05) is 6.42 Å². The predicted octanol–water partition coefficient (Wildman–Crippen LogP) is 2.08. The first kappa shape index (κ1) is 13.9. The van der Waals surface area contributed by atoms with Crippen molar-refractivity contribution >= 4 is 11.9 Å². The summed E-state index contributed by atoms with van der Waals surface area (Å²) in [4.78, 5) is 21.8. The quantitative estimate of drug-likeness (QED) is 0.662. The Hall–Kier alpha value is -1.06. The van der Waals surface area contributed by atoms with Gasteiger partial charge in [-0.25, -0.2) is 0 Å². The molecule has 0 fully saturated rings. The van der Waals surface area contributed by atoms with E-state index >= 15 is 0 Å². The molecule has 0 spiro atoms. The second-order valence-electron chi connectivity index (χ2n) is 4.05. The second kappa shape index (κ2) is 7.26. The van der Waals surface area contributed by atoms with Crippen LogP contribution in [0.4, 0.5) is 0 Å². The van der Waals surface area contributed by atoms with Crippen LogP contribution in [0.2, 0.25) is 0 Å². The molecule has 15 heavy (non-hydrogen) atoms. The summed E-state index contributed by atoms with van der Waals surface area (Å²) in [5, 5.41) is 8.74. The fraction of sp³-hybridized carbons (Fsp3) is 0.818. The third-order valence-corrected chi connectivity index (χ3v) is 2.15. The Kier molecular flexibility index (Phi) is 6.75. The molecule has 1 unspecified atom stereocenters. The fourth-order valence-corrected chi connectivity index (χ4v) is 1.21. The van der Waals surface area contributed by atoms with Gasteiger partial charge >= 0.3 is 11.9 Å². The van der Waals surface area contributed by atoms with Crippen LogP contribution < -0.4 is 0 Å². The lowest BCUT2D eigenvalue weighted by molar-refractivity contribution is -0.148. The van der Waals surface area contributed by atoms with Crippen LogP contribution >= 0.6 is 0 Å². The average molecular weight is 216 g/mol. The minimum atomic E-state index is -0.822. The molecular weight excluding hydrogens is 196 g/mol. The molecular formula is C11H20O4. The molecule has 0 radical (unpaired) electrons. The van der Waals surface area contributed by atoms with Gasteiger partial charge in [0.15, 0.2) is 0 Å². The van der Waals surface area contributed by atoms with E-state index in [9.17, 15) is 9.59 Å². The molecule has 0 aromatic rings. The topological polar surface area (TPSA) is 63.6 Å². The lowest BCUT2D eigenvalue weighted by Gasteiger charge is -2.10. The molecule has 4 nitrogen and oxygen atoms in total. The van der Waals surface area contributed by atoms with Crippen molar-refractivity contribution in [1.29, 1.82) is 0 Å². The Bertz CT molecular complexity index is 211. The van der Waals surface area contributed by atoms with Crippen LogP contribution in [0.1, 0.15) is 40.0 Å². The highest BCUT2D eigenvalue weighted by Gasteiger charge is 2.15. The van der Waals surface area contributed by atoms with Crippen molar-refractivity contribution in [2.45, 2.75) is 40.0 Å². The zero-order chi connectivity index (χ0) is 11.8. The molecule has 1 atom stereocenters. The largest absolute Gasteiger partial charge is 0.481 e. The predicted molar refractivity (Wildman–Crippen MR) is 56.4 cm³/mol. The smallest absolute Gasteiger partial charge is 0.306 e. The van der Waals surface area contributed by atoms with Gasteiger partial charge in [-0.15, -0.1) is 0 Å². The third kappa shape index (κ3) is 6.94. The highest BCUT2D eigenvalue weighted by molar-refractivity contribution is 5.70. The van der Waals surface area contributed by atoms with Gasteiger partial charge in [-0.2, -0.15) is 0 Å². The van der Waals surface area contributed by atoms with Gasteiger partial charge < -0.3 is 9.84 Å². The number of carboxylic acids is 1. The van der Waals surface area contributed by atoms with Crippen LogP contribution in [-0.4, -0.2) is 23.7 Å². The monoisotopic (exact) mass is 216 g/mol. The molecule has 0 saturated heterocycles. The molecule has 0 saturated carbocycles. The van der Waals surface area contributed by atoms with E-state index < -0.39 is 11.9 Å². The van der Waals surface area contributed by atoms with Crippen molar-refractivity contribution < 1.29 is 19.4 Å². The number of ether oxygens (including phenoxy) is 1. The number of carbonyl (C=O) groups excluding carboxylic acids is 1. The third-order valence-electron chi connectivity index (χ3n) is 2.15. The van der Waals surface area contributed by atoms with Crippen LogP contribution in [-0.2, 0) is 14.3 Å². The van der Waals surface area contributed by atoms with Gasteiger partial charge in [0.2, 0.25) is 0 Å². The van der Waals surface area contributed by atoms with Crippen LogP contribution in [0, 0.1) is 11.8 Å². The van der Waals surface area contributed by atoms with Crippen LogP contribution in [0.15, 0.2) is 0 Å². The standard InChI is InChI=1S/C11H20O4/c1-4-9(11(13)14)5-6-15-10(12)7-8(2)3/h8-9H,4-7H2,1-3H3,(H,13,14). The van der Waals surface area contributed by atoms with Gasteiger partial charge in [-0.05, 0) is 18.8 Å². The summed E-state index contributed by atoms with van der Waals surface area (Å²) in [5.41, 5.74) is 0. The summed E-state index contributed by atoms with van der Waals surface area (Å²) in [6.45, 7) is 5.89. The molecule has 0 aliphatic carbocycles. The molecule has 0 heterocycles. The number of hydrogen-bond acceptors (Lipinski definition) is 3. The Labute approximate surface area is 90.6 Å². The van der Waals surface area contributed by atoms with Crippen molar-refractivity contribution in [3.63, 3.8) is 0 Å². The second-order valence-corrected chi connectivity index (χ2v) is 4.05. The zero-order valence-electron chi connectivity index (χ0n) is 9.66. The lowest BCUT2D eigenvalue weighted by Crippen LogP contribution is -2.17. The van der Waals surface area contributed by atoms with E-state index in [1.54, 1.807) is 0 Å². The van der Waals surface area contributed by atoms with E-state index in [0.29, 0.717) is 19.3 Å². The molecule has 88 valence electrons. The molecule has 0 bridgehead atoms. The van der Waals surface area contributed by atoms with Crippen molar-refractivity contribution in [1.82, 2.24) is 0 Å². The summed E-state index contributed by atoms with van der Waals surface area (Å²) in [6.07, 6.45) is 1.36. The Morgan fingerprint density at radius 3 is 2.33 bits per heavy atom. The number of carboxylic acid groups (broad SMARTS) is 1. The Balaban J connectivity index is 3.68. The first-order chi connectivity index (χ1) is 6.97. The number of rotatable bonds is 7. The van der Waals surface area contributed by atoms with Crippen LogP contribution in [0.3, 0.4) is 0 Å². The van der Waals surface area contributed by atoms with E-state index in [4.69, 9.17) is 9.84 Å². The molecule has 0 aliphatic rings. The van der Waals surface area contributed by atoms with Crippen LogP contribution in [0.5, 0.6) is 0 Å². The highest BCUT2D eigenvalue weighted by Crippen LogP contribution is 2.09. The highest BCUT2D eigenvalue weighted by atomic mass is 16.5. The molecule has 0 aliphatic heterocycles. The zero-order valence-corrected chi connectivity index (χ0v) is 9.66. The fourth-order valence-electron chi connectivity index (χ4n) is 1.21. The number of esters is 1. The van der Waals surface area contributed by atoms with Crippen molar-refractivity contribution in [2.75, 3.05) is 6.61 Å². The molecule has 0 amide bonds. The molecule has 0 aromatic carbocycles. The summed E-state index contributed by atoms with van der Waals surface area (Å²) < 4.78 is 4.93. The van der Waals surface area contributed by atoms with Crippen molar-refractivity contribution in [2.24, 2.45) is 11.8 Å². The van der Waals surface area contributed by atoms with Gasteiger partial charge in [-0.3, -0.25) is 9.59 Å². The molecule has 0 rings (SSSR count). The Morgan fingerprint density at radius 1 is 1.33 bits per heavy atom. The first-order valence-corrected chi connectivity index (χ1v) is 5.35. The summed E-state index contributed by atoms with van der Waals surface area (Å²) in [5.74, 6) is -1.20. The molecule has 1 N–H and O–H groups in total. The van der Waals surface area contributed by atoms with E-state index in [-0.39, 0.29) is 18.5 Å². The molecule has 0 aromatic heterocycles. The van der Waals surface area contributed by atoms with E-state index in [1.165, 1.54) is 0 Å². The van der Waals surface area contributed by atoms with E-state index in [0.717, 1.165) is 0 Å². The maximum atomic E-state index is 11.1. The van der Waals surface area contributed by atoms with Crippen molar-refractivity contribution in [3.05, 3.63) is 0 Å². The Morgan fingerprint density at radius 2 is 1.93 bits per heavy atom. The van der Waals surface area contributed by atoms with Gasteiger partial charge in [0.1, 0.15) is 0 Å². The number of carbonyl (C=O) groups is 2. The SMILES string of the molecule is CCC(CCOC(=O)CC(C)C)C(=O)O.